The van der Waals surface area contributed by atoms with Crippen molar-refractivity contribution in [1.29, 1.82) is 0 Å². The third-order valence-corrected chi connectivity index (χ3v) is 6.95. The average Bonchev–Trinajstić information content (AvgIpc) is 3.64. The van der Waals surface area contributed by atoms with Gasteiger partial charge in [-0.05, 0) is 60.4 Å². The highest BCUT2D eigenvalue weighted by atomic mass is 35.5. The quantitative estimate of drug-likeness (QED) is 0.556. The summed E-state index contributed by atoms with van der Waals surface area (Å²) >= 11 is 6.01. The first-order valence-electron chi connectivity index (χ1n) is 11.3. The minimum atomic E-state index is -0.404. The Kier molecular flexibility index (Phi) is 5.90. The number of benzene rings is 3. The van der Waals surface area contributed by atoms with E-state index in [0.29, 0.717) is 5.02 Å². The van der Waals surface area contributed by atoms with Crippen molar-refractivity contribution in [1.82, 2.24) is 4.90 Å². The summed E-state index contributed by atoms with van der Waals surface area (Å²) in [6.45, 7) is 5.14. The van der Waals surface area contributed by atoms with Crippen molar-refractivity contribution >= 4 is 28.9 Å². The summed E-state index contributed by atoms with van der Waals surface area (Å²) in [6.07, 6.45) is 1.76. The number of anilines is 2. The molecule has 0 radical (unpaired) electrons. The molecule has 2 aliphatic rings. The van der Waals surface area contributed by atoms with Crippen LogP contribution < -0.4 is 10.2 Å². The molecular weight excluding hydrogens is 418 g/mol. The van der Waals surface area contributed by atoms with E-state index in [0.717, 1.165) is 56.8 Å². The number of nitrogens with one attached hydrogen (secondary N) is 1. The maximum Gasteiger partial charge on any atom is 0.235 e. The fourth-order valence-corrected chi connectivity index (χ4v) is 4.68. The predicted molar refractivity (Wildman–Crippen MR) is 131 cm³/mol. The largest absolute Gasteiger partial charge is 0.369 e. The number of hydrogen-bond acceptors (Lipinski definition) is 3. The molecule has 1 aliphatic heterocycles. The molecule has 1 saturated heterocycles. The van der Waals surface area contributed by atoms with E-state index in [4.69, 9.17) is 11.6 Å². The van der Waals surface area contributed by atoms with E-state index in [9.17, 15) is 4.79 Å². The van der Waals surface area contributed by atoms with Gasteiger partial charge in [-0.1, -0.05) is 54.1 Å². The standard InChI is InChI=1S/C27H28ClN3O/c28-23-8-6-22(7-9-23)27(14-15-27)26(32)29-24-10-12-25(13-11-24)31-18-16-30(17-19-31)20-21-4-2-1-3-5-21/h1-13H,14-20H2,(H,29,32). The maximum atomic E-state index is 13.0. The highest BCUT2D eigenvalue weighted by Crippen LogP contribution is 2.49. The fourth-order valence-electron chi connectivity index (χ4n) is 4.55. The van der Waals surface area contributed by atoms with Gasteiger partial charge < -0.3 is 10.2 Å². The Balaban J connectivity index is 1.16. The van der Waals surface area contributed by atoms with Crippen molar-refractivity contribution in [3.05, 3.63) is 95.0 Å². The molecule has 1 heterocycles. The monoisotopic (exact) mass is 445 g/mol. The van der Waals surface area contributed by atoms with Crippen molar-refractivity contribution in [2.45, 2.75) is 24.8 Å². The zero-order valence-corrected chi connectivity index (χ0v) is 18.9. The third-order valence-electron chi connectivity index (χ3n) is 6.69. The molecule has 0 spiro atoms. The van der Waals surface area contributed by atoms with E-state index < -0.39 is 5.41 Å². The van der Waals surface area contributed by atoms with Gasteiger partial charge in [0.1, 0.15) is 0 Å². The second-order valence-electron chi connectivity index (χ2n) is 8.84. The van der Waals surface area contributed by atoms with Crippen molar-refractivity contribution in [2.24, 2.45) is 0 Å². The molecule has 5 heteroatoms. The van der Waals surface area contributed by atoms with Gasteiger partial charge in [0.25, 0.3) is 0 Å². The lowest BCUT2D eigenvalue weighted by molar-refractivity contribution is -0.118. The van der Waals surface area contributed by atoms with Crippen molar-refractivity contribution in [3.8, 4) is 0 Å². The number of rotatable bonds is 6. The van der Waals surface area contributed by atoms with E-state index >= 15 is 0 Å². The van der Waals surface area contributed by atoms with E-state index in [1.165, 1.54) is 11.3 Å². The van der Waals surface area contributed by atoms with Crippen LogP contribution in [-0.2, 0) is 16.8 Å². The van der Waals surface area contributed by atoms with Crippen molar-refractivity contribution in [2.75, 3.05) is 36.4 Å². The first kappa shape index (κ1) is 21.0. The van der Waals surface area contributed by atoms with E-state index in [2.05, 4.69) is 57.6 Å². The van der Waals surface area contributed by atoms with Crippen molar-refractivity contribution in [3.63, 3.8) is 0 Å². The molecule has 0 bridgehead atoms. The summed E-state index contributed by atoms with van der Waals surface area (Å²) in [5.74, 6) is 0.0714. The van der Waals surface area contributed by atoms with Crippen LogP contribution in [0, 0.1) is 0 Å². The number of hydrogen-bond donors (Lipinski definition) is 1. The Bertz CT molecular complexity index is 1050. The molecule has 0 atom stereocenters. The van der Waals surface area contributed by atoms with Gasteiger partial charge in [0.15, 0.2) is 0 Å². The zero-order chi connectivity index (χ0) is 22.0. The fraction of sp³-hybridized carbons (Fsp3) is 0.296. The van der Waals surface area contributed by atoms with Gasteiger partial charge in [0.05, 0.1) is 5.41 Å². The van der Waals surface area contributed by atoms with E-state index in [1.54, 1.807) is 0 Å². The number of carbonyl (C=O) groups excluding carboxylic acids is 1. The van der Waals surface area contributed by atoms with Crippen LogP contribution in [0.4, 0.5) is 11.4 Å². The predicted octanol–water partition coefficient (Wildman–Crippen LogP) is 5.33. The molecule has 2 fully saturated rings. The van der Waals surface area contributed by atoms with Crippen LogP contribution in [0.15, 0.2) is 78.9 Å². The van der Waals surface area contributed by atoms with Crippen LogP contribution in [0.3, 0.4) is 0 Å². The van der Waals surface area contributed by atoms with Gasteiger partial charge in [-0.25, -0.2) is 0 Å². The van der Waals surface area contributed by atoms with Gasteiger partial charge in [0.2, 0.25) is 5.91 Å². The third kappa shape index (κ3) is 4.52. The minimum absolute atomic E-state index is 0.0714. The second kappa shape index (κ2) is 8.97. The summed E-state index contributed by atoms with van der Waals surface area (Å²) in [4.78, 5) is 17.9. The van der Waals surface area contributed by atoms with Gasteiger partial charge in [0, 0.05) is 49.1 Å². The number of nitrogens with zero attached hydrogens (tertiary/aromatic N) is 2. The number of piperazine rings is 1. The Labute approximate surface area is 194 Å². The van der Waals surface area contributed by atoms with Crippen LogP contribution in [0.25, 0.3) is 0 Å². The molecule has 0 aromatic heterocycles. The molecule has 1 saturated carbocycles. The average molecular weight is 446 g/mol. The zero-order valence-electron chi connectivity index (χ0n) is 18.1. The first-order valence-corrected chi connectivity index (χ1v) is 11.7. The summed E-state index contributed by atoms with van der Waals surface area (Å²) < 4.78 is 0. The first-order chi connectivity index (χ1) is 15.6. The number of amides is 1. The summed E-state index contributed by atoms with van der Waals surface area (Å²) in [5.41, 5.74) is 4.07. The Morgan fingerprint density at radius 2 is 1.50 bits per heavy atom. The van der Waals surface area contributed by atoms with E-state index in [-0.39, 0.29) is 5.91 Å². The molecule has 0 unspecified atom stereocenters. The molecule has 4 nitrogen and oxygen atoms in total. The number of halogens is 1. The Morgan fingerprint density at radius 3 is 2.12 bits per heavy atom. The molecule has 1 amide bonds. The van der Waals surface area contributed by atoms with Gasteiger partial charge in [-0.3, -0.25) is 9.69 Å². The van der Waals surface area contributed by atoms with Crippen LogP contribution in [-0.4, -0.2) is 37.0 Å². The lowest BCUT2D eigenvalue weighted by Crippen LogP contribution is -2.45. The molecule has 5 rings (SSSR count). The molecular formula is C27H28ClN3O. The smallest absolute Gasteiger partial charge is 0.235 e. The molecule has 164 valence electrons. The van der Waals surface area contributed by atoms with Crippen LogP contribution in [0.2, 0.25) is 5.02 Å². The highest BCUT2D eigenvalue weighted by molar-refractivity contribution is 6.30. The van der Waals surface area contributed by atoms with E-state index in [1.807, 2.05) is 36.4 Å². The van der Waals surface area contributed by atoms with Gasteiger partial charge in [-0.15, -0.1) is 0 Å². The summed E-state index contributed by atoms with van der Waals surface area (Å²) in [5, 5.41) is 3.82. The van der Waals surface area contributed by atoms with Gasteiger partial charge in [-0.2, -0.15) is 0 Å². The highest BCUT2D eigenvalue weighted by Gasteiger charge is 2.51. The lowest BCUT2D eigenvalue weighted by atomic mass is 9.95. The van der Waals surface area contributed by atoms with Crippen LogP contribution >= 0.6 is 11.6 Å². The van der Waals surface area contributed by atoms with Crippen LogP contribution in [0.1, 0.15) is 24.0 Å². The van der Waals surface area contributed by atoms with Gasteiger partial charge >= 0.3 is 0 Å². The van der Waals surface area contributed by atoms with Crippen molar-refractivity contribution < 1.29 is 4.79 Å². The summed E-state index contributed by atoms with van der Waals surface area (Å²) in [6, 6.07) is 26.6. The normalized spacial score (nSPS) is 17.7. The molecule has 32 heavy (non-hydrogen) atoms. The molecule has 1 aliphatic carbocycles. The SMILES string of the molecule is O=C(Nc1ccc(N2CCN(Cc3ccccc3)CC2)cc1)C1(c2ccc(Cl)cc2)CC1. The Hall–Kier alpha value is -2.82. The second-order valence-corrected chi connectivity index (χ2v) is 9.28. The minimum Gasteiger partial charge on any atom is -0.369 e. The van der Waals surface area contributed by atoms with Crippen LogP contribution in [0.5, 0.6) is 0 Å². The Morgan fingerprint density at radius 1 is 0.844 bits per heavy atom. The lowest BCUT2D eigenvalue weighted by Gasteiger charge is -2.36. The molecule has 3 aromatic rings. The molecule has 1 N–H and O–H groups in total. The molecule has 3 aromatic carbocycles. The topological polar surface area (TPSA) is 35.6 Å². The number of carbonyl (C=O) groups is 1. The maximum absolute atomic E-state index is 13.0. The summed E-state index contributed by atoms with van der Waals surface area (Å²) in [7, 11) is 0.